The van der Waals surface area contributed by atoms with Gasteiger partial charge < -0.3 is 29.2 Å². The molecule has 3 rings (SSSR count). The van der Waals surface area contributed by atoms with E-state index < -0.39 is 6.10 Å². The SMILES string of the molecule is Cc1noc(C)c1CCC(=O)NCC(O)COc1ccc2c(c1)OCO2. The number of aromatic nitrogens is 1. The van der Waals surface area contributed by atoms with Crippen LogP contribution in [0.15, 0.2) is 22.7 Å². The lowest BCUT2D eigenvalue weighted by Gasteiger charge is -2.13. The number of amides is 1. The molecule has 0 saturated heterocycles. The van der Waals surface area contributed by atoms with Gasteiger partial charge in [0.1, 0.15) is 24.2 Å². The Labute approximate surface area is 151 Å². The van der Waals surface area contributed by atoms with E-state index in [2.05, 4.69) is 10.5 Å². The number of aliphatic hydroxyl groups is 1. The molecule has 8 nitrogen and oxygen atoms in total. The first-order valence-electron chi connectivity index (χ1n) is 8.42. The highest BCUT2D eigenvalue weighted by atomic mass is 16.7. The fourth-order valence-electron chi connectivity index (χ4n) is 2.64. The third-order valence-corrected chi connectivity index (χ3v) is 4.10. The molecule has 8 heteroatoms. The zero-order valence-electron chi connectivity index (χ0n) is 14.8. The first kappa shape index (κ1) is 18.1. The number of hydrogen-bond donors (Lipinski definition) is 2. The summed E-state index contributed by atoms with van der Waals surface area (Å²) in [5.41, 5.74) is 1.75. The molecule has 26 heavy (non-hydrogen) atoms. The van der Waals surface area contributed by atoms with Gasteiger partial charge in [-0.3, -0.25) is 4.79 Å². The molecule has 0 aliphatic carbocycles. The number of benzene rings is 1. The van der Waals surface area contributed by atoms with Crippen LogP contribution < -0.4 is 19.5 Å². The van der Waals surface area contributed by atoms with Crippen molar-refractivity contribution in [2.45, 2.75) is 32.8 Å². The predicted molar refractivity (Wildman–Crippen MR) is 91.4 cm³/mol. The Morgan fingerprint density at radius 3 is 2.92 bits per heavy atom. The number of nitrogens with one attached hydrogen (secondary N) is 1. The maximum Gasteiger partial charge on any atom is 0.231 e. The third-order valence-electron chi connectivity index (χ3n) is 4.10. The molecule has 0 fully saturated rings. The first-order valence-corrected chi connectivity index (χ1v) is 8.42. The van der Waals surface area contributed by atoms with Gasteiger partial charge in [-0.2, -0.15) is 0 Å². The van der Waals surface area contributed by atoms with Gasteiger partial charge in [-0.05, 0) is 32.4 Å². The summed E-state index contributed by atoms with van der Waals surface area (Å²) in [4.78, 5) is 11.9. The standard InChI is InChI=1S/C18H22N2O6/c1-11-15(12(2)26-20-11)4-6-18(22)19-8-13(21)9-23-14-3-5-16-17(7-14)25-10-24-16/h3,5,7,13,21H,4,6,8-10H2,1-2H3,(H,19,22). The molecule has 1 aliphatic heterocycles. The van der Waals surface area contributed by atoms with E-state index in [1.165, 1.54) is 0 Å². The Morgan fingerprint density at radius 1 is 1.35 bits per heavy atom. The number of carbonyl (C=O) groups is 1. The van der Waals surface area contributed by atoms with Crippen LogP contribution in [0.4, 0.5) is 0 Å². The van der Waals surface area contributed by atoms with Crippen molar-refractivity contribution in [2.24, 2.45) is 0 Å². The number of ether oxygens (including phenoxy) is 3. The van der Waals surface area contributed by atoms with Crippen LogP contribution in [0.2, 0.25) is 0 Å². The second-order valence-electron chi connectivity index (χ2n) is 6.09. The molecule has 1 amide bonds. The number of hydrogen-bond acceptors (Lipinski definition) is 7. The van der Waals surface area contributed by atoms with Crippen LogP contribution in [0.25, 0.3) is 0 Å². The van der Waals surface area contributed by atoms with Gasteiger partial charge in [0.15, 0.2) is 11.5 Å². The zero-order valence-corrected chi connectivity index (χ0v) is 14.8. The summed E-state index contributed by atoms with van der Waals surface area (Å²) in [7, 11) is 0. The van der Waals surface area contributed by atoms with Gasteiger partial charge in [0.25, 0.3) is 0 Å². The van der Waals surface area contributed by atoms with E-state index in [9.17, 15) is 9.90 Å². The summed E-state index contributed by atoms with van der Waals surface area (Å²) in [5, 5.41) is 16.5. The summed E-state index contributed by atoms with van der Waals surface area (Å²) in [6, 6.07) is 5.19. The molecule has 1 aliphatic rings. The molecule has 1 aromatic carbocycles. The Morgan fingerprint density at radius 2 is 2.15 bits per heavy atom. The van der Waals surface area contributed by atoms with Crippen LogP contribution in [0, 0.1) is 13.8 Å². The van der Waals surface area contributed by atoms with Crippen molar-refractivity contribution >= 4 is 5.91 Å². The van der Waals surface area contributed by atoms with Crippen LogP contribution in [-0.4, -0.2) is 42.2 Å². The van der Waals surface area contributed by atoms with E-state index >= 15 is 0 Å². The molecule has 0 saturated carbocycles. The minimum atomic E-state index is -0.816. The lowest BCUT2D eigenvalue weighted by atomic mass is 10.1. The van der Waals surface area contributed by atoms with Crippen LogP contribution in [0.5, 0.6) is 17.2 Å². The largest absolute Gasteiger partial charge is 0.491 e. The van der Waals surface area contributed by atoms with Crippen LogP contribution in [0.3, 0.4) is 0 Å². The number of aryl methyl sites for hydroxylation is 2. The average molecular weight is 362 g/mol. The second-order valence-corrected chi connectivity index (χ2v) is 6.09. The average Bonchev–Trinajstić information content (AvgIpc) is 3.22. The Hall–Kier alpha value is -2.74. The van der Waals surface area contributed by atoms with E-state index in [1.807, 2.05) is 13.8 Å². The van der Waals surface area contributed by atoms with Crippen molar-refractivity contribution in [1.29, 1.82) is 0 Å². The van der Waals surface area contributed by atoms with Crippen molar-refractivity contribution < 1.29 is 28.6 Å². The van der Waals surface area contributed by atoms with Crippen LogP contribution in [0.1, 0.15) is 23.4 Å². The normalized spacial score (nSPS) is 13.5. The molecule has 2 heterocycles. The topological polar surface area (TPSA) is 103 Å². The van der Waals surface area contributed by atoms with Gasteiger partial charge in [-0.25, -0.2) is 0 Å². The fraction of sp³-hybridized carbons (Fsp3) is 0.444. The maximum absolute atomic E-state index is 11.9. The van der Waals surface area contributed by atoms with Gasteiger partial charge in [0.05, 0.1) is 5.69 Å². The highest BCUT2D eigenvalue weighted by Gasteiger charge is 2.15. The van der Waals surface area contributed by atoms with Crippen LogP contribution >= 0.6 is 0 Å². The predicted octanol–water partition coefficient (Wildman–Crippen LogP) is 1.51. The van der Waals surface area contributed by atoms with Crippen molar-refractivity contribution in [3.63, 3.8) is 0 Å². The Bertz CT molecular complexity index is 754. The lowest BCUT2D eigenvalue weighted by Crippen LogP contribution is -2.35. The van der Waals surface area contributed by atoms with Gasteiger partial charge in [0, 0.05) is 24.6 Å². The minimum absolute atomic E-state index is 0.0593. The molecule has 1 unspecified atom stereocenters. The first-order chi connectivity index (χ1) is 12.5. The minimum Gasteiger partial charge on any atom is -0.491 e. The van der Waals surface area contributed by atoms with Crippen molar-refractivity contribution in [3.8, 4) is 17.2 Å². The van der Waals surface area contributed by atoms with E-state index in [1.54, 1.807) is 18.2 Å². The molecule has 140 valence electrons. The number of nitrogens with zero attached hydrogens (tertiary/aromatic N) is 1. The summed E-state index contributed by atoms with van der Waals surface area (Å²) in [6.07, 6.45) is 0.0403. The van der Waals surface area contributed by atoms with E-state index in [4.69, 9.17) is 18.7 Å². The smallest absolute Gasteiger partial charge is 0.231 e. The second kappa shape index (κ2) is 8.09. The van der Waals surface area contributed by atoms with Crippen molar-refractivity contribution in [1.82, 2.24) is 10.5 Å². The van der Waals surface area contributed by atoms with E-state index in [0.29, 0.717) is 30.1 Å². The quantitative estimate of drug-likeness (QED) is 0.734. The van der Waals surface area contributed by atoms with Gasteiger partial charge >= 0.3 is 0 Å². The van der Waals surface area contributed by atoms with E-state index in [0.717, 1.165) is 17.0 Å². The zero-order chi connectivity index (χ0) is 18.5. The van der Waals surface area contributed by atoms with Gasteiger partial charge in [0.2, 0.25) is 12.7 Å². The van der Waals surface area contributed by atoms with Gasteiger partial charge in [-0.15, -0.1) is 0 Å². The summed E-state index contributed by atoms with van der Waals surface area (Å²) < 4.78 is 21.1. The number of aliphatic hydroxyl groups excluding tert-OH is 1. The molecular weight excluding hydrogens is 340 g/mol. The molecule has 0 bridgehead atoms. The van der Waals surface area contributed by atoms with Gasteiger partial charge in [-0.1, -0.05) is 5.16 Å². The molecular formula is C18H22N2O6. The molecule has 1 atom stereocenters. The number of rotatable bonds is 8. The number of carbonyl (C=O) groups excluding carboxylic acids is 1. The number of fused-ring (bicyclic) bond motifs is 1. The molecule has 0 spiro atoms. The lowest BCUT2D eigenvalue weighted by molar-refractivity contribution is -0.121. The van der Waals surface area contributed by atoms with Crippen molar-refractivity contribution in [3.05, 3.63) is 35.2 Å². The van der Waals surface area contributed by atoms with E-state index in [-0.39, 0.29) is 25.9 Å². The highest BCUT2D eigenvalue weighted by Crippen LogP contribution is 2.35. The molecule has 2 N–H and O–H groups in total. The summed E-state index contributed by atoms with van der Waals surface area (Å²) >= 11 is 0. The molecule has 1 aromatic heterocycles. The van der Waals surface area contributed by atoms with Crippen LogP contribution in [-0.2, 0) is 11.2 Å². The van der Waals surface area contributed by atoms with Crippen molar-refractivity contribution in [2.75, 3.05) is 19.9 Å². The summed E-state index contributed by atoms with van der Waals surface area (Å²) in [5.74, 6) is 2.44. The monoisotopic (exact) mass is 362 g/mol. The summed E-state index contributed by atoms with van der Waals surface area (Å²) in [6.45, 7) is 4.04. The fourth-order valence-corrected chi connectivity index (χ4v) is 2.64. The molecule has 2 aromatic rings. The Kier molecular flexibility index (Phi) is 5.62. The Balaban J connectivity index is 1.37. The maximum atomic E-state index is 11.9. The molecule has 0 radical (unpaired) electrons. The highest BCUT2D eigenvalue weighted by molar-refractivity contribution is 5.76. The third kappa shape index (κ3) is 4.45.